The van der Waals surface area contributed by atoms with E-state index < -0.39 is 6.10 Å². The molecule has 3 atom stereocenters. The molecule has 2 aliphatic rings. The summed E-state index contributed by atoms with van der Waals surface area (Å²) in [6, 6.07) is 36.5. The van der Waals surface area contributed by atoms with E-state index in [1.54, 1.807) is 0 Å². The van der Waals surface area contributed by atoms with E-state index in [1.165, 1.54) is 11.1 Å². The number of rotatable bonds is 2. The van der Waals surface area contributed by atoms with Gasteiger partial charge in [0.15, 0.2) is 0 Å². The van der Waals surface area contributed by atoms with Gasteiger partial charge in [-0.05, 0) is 47.2 Å². The van der Waals surface area contributed by atoms with E-state index in [1.807, 2.05) is 66.7 Å². The molecule has 0 amide bonds. The van der Waals surface area contributed by atoms with Crippen LogP contribution in [0, 0.1) is 0 Å². The number of ether oxygens (including phenoxy) is 2. The zero-order valence-electron chi connectivity index (χ0n) is 18.5. The van der Waals surface area contributed by atoms with E-state index in [9.17, 15) is 5.11 Å². The highest BCUT2D eigenvalue weighted by Crippen LogP contribution is 2.35. The molecule has 33 heavy (non-hydrogen) atoms. The Morgan fingerprint density at radius 2 is 1.12 bits per heavy atom. The van der Waals surface area contributed by atoms with Crippen LogP contribution in [0.5, 0.6) is 11.5 Å². The summed E-state index contributed by atoms with van der Waals surface area (Å²) in [6.07, 6.45) is 2.31. The van der Waals surface area contributed by atoms with Gasteiger partial charge in [-0.25, -0.2) is 0 Å². The van der Waals surface area contributed by atoms with Crippen molar-refractivity contribution in [1.29, 1.82) is 0 Å². The van der Waals surface area contributed by atoms with Crippen LogP contribution >= 0.6 is 0 Å². The molecule has 0 aromatic heterocycles. The first-order valence-corrected chi connectivity index (χ1v) is 11.5. The number of hydrogen-bond acceptors (Lipinski definition) is 3. The molecule has 6 rings (SSSR count). The molecule has 166 valence electrons. The van der Waals surface area contributed by atoms with Gasteiger partial charge >= 0.3 is 0 Å². The van der Waals surface area contributed by atoms with Crippen molar-refractivity contribution in [2.45, 2.75) is 37.6 Å². The van der Waals surface area contributed by atoms with Crippen LogP contribution in [0.25, 0.3) is 0 Å². The Kier molecular flexibility index (Phi) is 6.41. The number of benzene rings is 4. The predicted octanol–water partition coefficient (Wildman–Crippen LogP) is 6.48. The first kappa shape index (κ1) is 21.3. The molecule has 3 nitrogen and oxygen atoms in total. The molecule has 3 heteroatoms. The number of aliphatic hydroxyl groups is 1. The van der Waals surface area contributed by atoms with Gasteiger partial charge in [-0.15, -0.1) is 0 Å². The average Bonchev–Trinajstić information content (AvgIpc) is 2.89. The van der Waals surface area contributed by atoms with Crippen LogP contribution in [0.4, 0.5) is 0 Å². The molecule has 0 bridgehead atoms. The van der Waals surface area contributed by atoms with E-state index in [0.717, 1.165) is 35.5 Å². The number of aliphatic hydroxyl groups excluding tert-OH is 1. The third kappa shape index (κ3) is 4.94. The van der Waals surface area contributed by atoms with Gasteiger partial charge < -0.3 is 14.6 Å². The minimum absolute atomic E-state index is 0.219. The Morgan fingerprint density at radius 3 is 1.82 bits per heavy atom. The summed E-state index contributed by atoms with van der Waals surface area (Å²) in [5, 5.41) is 10.1. The third-order valence-corrected chi connectivity index (χ3v) is 6.22. The Bertz CT molecular complexity index is 1170. The molecule has 0 aliphatic carbocycles. The summed E-state index contributed by atoms with van der Waals surface area (Å²) in [6.45, 7) is 0. The Morgan fingerprint density at radius 1 is 0.576 bits per heavy atom. The first-order valence-electron chi connectivity index (χ1n) is 11.5. The minimum Gasteiger partial charge on any atom is -0.485 e. The molecule has 3 unspecified atom stereocenters. The van der Waals surface area contributed by atoms with Gasteiger partial charge in [0.2, 0.25) is 0 Å². The van der Waals surface area contributed by atoms with Crippen molar-refractivity contribution in [3.05, 3.63) is 131 Å². The van der Waals surface area contributed by atoms with Gasteiger partial charge in [0.05, 0.1) is 6.10 Å². The summed E-state index contributed by atoms with van der Waals surface area (Å²) < 4.78 is 11.9. The van der Waals surface area contributed by atoms with Crippen molar-refractivity contribution >= 4 is 0 Å². The van der Waals surface area contributed by atoms with Crippen molar-refractivity contribution in [3.63, 3.8) is 0 Å². The SMILES string of the molecule is OC1Cc2ccccc2OC1c1ccccc1.c1ccc(C2CCc3ccccc3O2)cc1. The van der Waals surface area contributed by atoms with Crippen LogP contribution in [-0.4, -0.2) is 11.2 Å². The third-order valence-electron chi connectivity index (χ3n) is 6.22. The van der Waals surface area contributed by atoms with Gasteiger partial charge in [-0.2, -0.15) is 0 Å². The summed E-state index contributed by atoms with van der Waals surface area (Å²) in [5.74, 6) is 1.93. The fraction of sp³-hybridized carbons (Fsp3) is 0.200. The van der Waals surface area contributed by atoms with Crippen molar-refractivity contribution < 1.29 is 14.6 Å². The van der Waals surface area contributed by atoms with E-state index in [4.69, 9.17) is 9.47 Å². The van der Waals surface area contributed by atoms with Crippen LogP contribution in [0.1, 0.15) is 40.9 Å². The molecule has 2 aliphatic heterocycles. The molecular formula is C30H28O3. The number of fused-ring (bicyclic) bond motifs is 2. The fourth-order valence-corrected chi connectivity index (χ4v) is 4.49. The van der Waals surface area contributed by atoms with Gasteiger partial charge in [0.1, 0.15) is 23.7 Å². The predicted molar refractivity (Wildman–Crippen MR) is 131 cm³/mol. The zero-order valence-corrected chi connectivity index (χ0v) is 18.5. The Hall–Kier alpha value is -3.56. The molecular weight excluding hydrogens is 408 g/mol. The fourth-order valence-electron chi connectivity index (χ4n) is 4.49. The second-order valence-corrected chi connectivity index (χ2v) is 8.49. The van der Waals surface area contributed by atoms with Gasteiger partial charge in [0, 0.05) is 6.42 Å². The molecule has 1 N–H and O–H groups in total. The van der Waals surface area contributed by atoms with Crippen LogP contribution in [0.3, 0.4) is 0 Å². The lowest BCUT2D eigenvalue weighted by molar-refractivity contribution is 0.0208. The lowest BCUT2D eigenvalue weighted by atomic mass is 9.95. The summed E-state index contributed by atoms with van der Waals surface area (Å²) in [4.78, 5) is 0. The monoisotopic (exact) mass is 436 g/mol. The Labute approximate surface area is 195 Å². The second kappa shape index (κ2) is 9.93. The summed E-state index contributed by atoms with van der Waals surface area (Å²) in [7, 11) is 0. The first-order chi connectivity index (χ1) is 16.3. The van der Waals surface area contributed by atoms with Gasteiger partial charge in [0.25, 0.3) is 0 Å². The van der Waals surface area contributed by atoms with Crippen molar-refractivity contribution in [1.82, 2.24) is 0 Å². The maximum atomic E-state index is 10.1. The number of para-hydroxylation sites is 2. The average molecular weight is 437 g/mol. The van der Waals surface area contributed by atoms with Crippen molar-refractivity contribution in [2.75, 3.05) is 0 Å². The highest BCUT2D eigenvalue weighted by molar-refractivity contribution is 5.38. The lowest BCUT2D eigenvalue weighted by Gasteiger charge is -2.30. The summed E-state index contributed by atoms with van der Waals surface area (Å²) >= 11 is 0. The van der Waals surface area contributed by atoms with Gasteiger partial charge in [-0.1, -0.05) is 97.1 Å². The molecule has 4 aromatic carbocycles. The molecule has 0 radical (unpaired) electrons. The zero-order chi connectivity index (χ0) is 22.5. The van der Waals surface area contributed by atoms with E-state index in [2.05, 4.69) is 42.5 Å². The molecule has 0 saturated carbocycles. The van der Waals surface area contributed by atoms with Crippen LogP contribution < -0.4 is 9.47 Å². The standard InChI is InChI=1S/C15H14O2.C15H14O/c16-13-10-12-8-4-5-9-14(12)17-15(13)11-6-2-1-3-7-11;1-2-6-12(7-3-1)15-11-10-13-8-4-5-9-14(13)16-15/h1-9,13,15-16H,10H2;1-9,15H,10-11H2. The minimum atomic E-state index is -0.479. The second-order valence-electron chi connectivity index (χ2n) is 8.49. The van der Waals surface area contributed by atoms with E-state index >= 15 is 0 Å². The lowest BCUT2D eigenvalue weighted by Crippen LogP contribution is -2.30. The number of hydrogen-bond donors (Lipinski definition) is 1. The largest absolute Gasteiger partial charge is 0.485 e. The maximum Gasteiger partial charge on any atom is 0.150 e. The van der Waals surface area contributed by atoms with E-state index in [-0.39, 0.29) is 12.2 Å². The molecule has 0 saturated heterocycles. The molecule has 0 spiro atoms. The van der Waals surface area contributed by atoms with Gasteiger partial charge in [-0.3, -0.25) is 0 Å². The van der Waals surface area contributed by atoms with Crippen LogP contribution in [0.2, 0.25) is 0 Å². The maximum absolute atomic E-state index is 10.1. The summed E-state index contributed by atoms with van der Waals surface area (Å²) in [5.41, 5.74) is 4.70. The highest BCUT2D eigenvalue weighted by atomic mass is 16.5. The van der Waals surface area contributed by atoms with Crippen molar-refractivity contribution in [2.24, 2.45) is 0 Å². The van der Waals surface area contributed by atoms with Crippen LogP contribution in [-0.2, 0) is 12.8 Å². The topological polar surface area (TPSA) is 38.7 Å². The van der Waals surface area contributed by atoms with Crippen LogP contribution in [0.15, 0.2) is 109 Å². The Balaban J connectivity index is 0.000000139. The number of aryl methyl sites for hydroxylation is 1. The van der Waals surface area contributed by atoms with Crippen molar-refractivity contribution in [3.8, 4) is 11.5 Å². The molecule has 0 fully saturated rings. The highest BCUT2D eigenvalue weighted by Gasteiger charge is 2.29. The molecule has 4 aromatic rings. The quantitative estimate of drug-likeness (QED) is 0.391. The molecule has 2 heterocycles. The normalized spacial score (nSPS) is 20.7. The smallest absolute Gasteiger partial charge is 0.150 e. The van der Waals surface area contributed by atoms with E-state index in [0.29, 0.717) is 6.42 Å².